The Labute approximate surface area is 101 Å². The Morgan fingerprint density at radius 2 is 1.94 bits per heavy atom. The number of nitrogens with zero attached hydrogens (tertiary/aromatic N) is 1. The summed E-state index contributed by atoms with van der Waals surface area (Å²) in [5, 5.41) is 0. The number of rotatable bonds is 2. The standard InChI is InChI=1S/C14H16N2O/c1-10-7-14(17)16(2)9-13(10)12-6-4-3-5-11(12)8-15/h3-7,9H,8,15H2,1-2H3. The van der Waals surface area contributed by atoms with E-state index in [2.05, 4.69) is 0 Å². The second-order valence-electron chi connectivity index (χ2n) is 4.18. The lowest BCUT2D eigenvalue weighted by Crippen LogP contribution is -2.16. The molecular formula is C14H16N2O. The highest BCUT2D eigenvalue weighted by Crippen LogP contribution is 2.25. The van der Waals surface area contributed by atoms with Gasteiger partial charge in [-0.1, -0.05) is 24.3 Å². The first-order valence-electron chi connectivity index (χ1n) is 5.59. The van der Waals surface area contributed by atoms with Crippen LogP contribution in [-0.2, 0) is 13.6 Å². The van der Waals surface area contributed by atoms with Gasteiger partial charge in [-0.25, -0.2) is 0 Å². The Morgan fingerprint density at radius 1 is 1.24 bits per heavy atom. The topological polar surface area (TPSA) is 48.0 Å². The first-order valence-corrected chi connectivity index (χ1v) is 5.59. The maximum atomic E-state index is 11.5. The first kappa shape index (κ1) is 11.6. The van der Waals surface area contributed by atoms with Gasteiger partial charge < -0.3 is 10.3 Å². The molecule has 0 spiro atoms. The van der Waals surface area contributed by atoms with Gasteiger partial charge in [-0.05, 0) is 23.6 Å². The van der Waals surface area contributed by atoms with Gasteiger partial charge >= 0.3 is 0 Å². The Bertz CT molecular complexity index is 599. The predicted octanol–water partition coefficient (Wildman–Crippen LogP) is 1.82. The molecule has 17 heavy (non-hydrogen) atoms. The molecule has 0 aliphatic rings. The number of hydrogen-bond acceptors (Lipinski definition) is 2. The maximum Gasteiger partial charge on any atom is 0.250 e. The number of aromatic nitrogens is 1. The van der Waals surface area contributed by atoms with E-state index in [4.69, 9.17) is 5.73 Å². The van der Waals surface area contributed by atoms with Crippen LogP contribution in [0.25, 0.3) is 11.1 Å². The molecule has 88 valence electrons. The van der Waals surface area contributed by atoms with E-state index in [0.29, 0.717) is 6.54 Å². The number of benzene rings is 1. The molecule has 2 rings (SSSR count). The Kier molecular flexibility index (Phi) is 3.11. The zero-order chi connectivity index (χ0) is 12.4. The third-order valence-corrected chi connectivity index (χ3v) is 2.96. The summed E-state index contributed by atoms with van der Waals surface area (Å²) >= 11 is 0. The summed E-state index contributed by atoms with van der Waals surface area (Å²) in [6.07, 6.45) is 1.87. The maximum absolute atomic E-state index is 11.5. The van der Waals surface area contributed by atoms with Gasteiger partial charge in [0.1, 0.15) is 0 Å². The van der Waals surface area contributed by atoms with Gasteiger partial charge in [-0.2, -0.15) is 0 Å². The summed E-state index contributed by atoms with van der Waals surface area (Å²) < 4.78 is 1.59. The molecular weight excluding hydrogens is 212 g/mol. The highest BCUT2D eigenvalue weighted by molar-refractivity contribution is 5.69. The van der Waals surface area contributed by atoms with Crippen LogP contribution < -0.4 is 11.3 Å². The molecule has 1 aromatic heterocycles. The highest BCUT2D eigenvalue weighted by atomic mass is 16.1. The second kappa shape index (κ2) is 4.55. The van der Waals surface area contributed by atoms with Crippen molar-refractivity contribution in [3.63, 3.8) is 0 Å². The van der Waals surface area contributed by atoms with E-state index in [1.807, 2.05) is 37.4 Å². The van der Waals surface area contributed by atoms with Crippen LogP contribution in [-0.4, -0.2) is 4.57 Å². The van der Waals surface area contributed by atoms with E-state index in [0.717, 1.165) is 22.3 Å². The van der Waals surface area contributed by atoms with E-state index in [1.165, 1.54) is 0 Å². The Hall–Kier alpha value is -1.87. The average molecular weight is 228 g/mol. The number of nitrogens with two attached hydrogens (primary N) is 1. The molecule has 0 unspecified atom stereocenters. The van der Waals surface area contributed by atoms with Crippen molar-refractivity contribution in [2.24, 2.45) is 12.8 Å². The molecule has 0 saturated carbocycles. The van der Waals surface area contributed by atoms with Crippen LogP contribution in [0.15, 0.2) is 41.3 Å². The van der Waals surface area contributed by atoms with Crippen LogP contribution in [0.5, 0.6) is 0 Å². The van der Waals surface area contributed by atoms with Gasteiger partial charge in [0.25, 0.3) is 5.56 Å². The first-order chi connectivity index (χ1) is 8.13. The van der Waals surface area contributed by atoms with E-state index < -0.39 is 0 Å². The van der Waals surface area contributed by atoms with Crippen LogP contribution in [0.2, 0.25) is 0 Å². The Balaban J connectivity index is 2.68. The van der Waals surface area contributed by atoms with Crippen LogP contribution >= 0.6 is 0 Å². The second-order valence-corrected chi connectivity index (χ2v) is 4.18. The van der Waals surface area contributed by atoms with Crippen molar-refractivity contribution in [3.8, 4) is 11.1 Å². The van der Waals surface area contributed by atoms with Crippen molar-refractivity contribution in [1.82, 2.24) is 4.57 Å². The van der Waals surface area contributed by atoms with Crippen LogP contribution in [0.4, 0.5) is 0 Å². The third kappa shape index (κ3) is 2.15. The summed E-state index contributed by atoms with van der Waals surface area (Å²) in [5.74, 6) is 0. The molecule has 0 radical (unpaired) electrons. The minimum atomic E-state index is 0.0106. The van der Waals surface area contributed by atoms with Crippen molar-refractivity contribution < 1.29 is 0 Å². The summed E-state index contributed by atoms with van der Waals surface area (Å²) in [7, 11) is 1.76. The lowest BCUT2D eigenvalue weighted by molar-refractivity contribution is 0.857. The average Bonchev–Trinajstić information content (AvgIpc) is 2.34. The Morgan fingerprint density at radius 3 is 2.65 bits per heavy atom. The SMILES string of the molecule is Cc1cc(=O)n(C)cc1-c1ccccc1CN. The molecule has 2 N–H and O–H groups in total. The lowest BCUT2D eigenvalue weighted by Gasteiger charge is -2.11. The zero-order valence-electron chi connectivity index (χ0n) is 10.1. The molecule has 0 bridgehead atoms. The van der Waals surface area contributed by atoms with Crippen molar-refractivity contribution >= 4 is 0 Å². The number of hydrogen-bond donors (Lipinski definition) is 1. The molecule has 0 fully saturated rings. The van der Waals surface area contributed by atoms with Crippen LogP contribution in [0, 0.1) is 6.92 Å². The third-order valence-electron chi connectivity index (χ3n) is 2.96. The molecule has 0 amide bonds. The van der Waals surface area contributed by atoms with Crippen molar-refractivity contribution in [1.29, 1.82) is 0 Å². The fraction of sp³-hybridized carbons (Fsp3) is 0.214. The smallest absolute Gasteiger partial charge is 0.250 e. The van der Waals surface area contributed by atoms with Crippen molar-refractivity contribution in [3.05, 3.63) is 58.0 Å². The van der Waals surface area contributed by atoms with Crippen LogP contribution in [0.1, 0.15) is 11.1 Å². The molecule has 0 aliphatic carbocycles. The minimum Gasteiger partial charge on any atom is -0.326 e. The van der Waals surface area contributed by atoms with E-state index >= 15 is 0 Å². The monoisotopic (exact) mass is 228 g/mol. The molecule has 0 aliphatic heterocycles. The van der Waals surface area contributed by atoms with Gasteiger partial charge in [0.15, 0.2) is 0 Å². The largest absolute Gasteiger partial charge is 0.326 e. The van der Waals surface area contributed by atoms with Gasteiger partial charge in [-0.3, -0.25) is 4.79 Å². The fourth-order valence-corrected chi connectivity index (χ4v) is 1.97. The predicted molar refractivity (Wildman–Crippen MR) is 69.7 cm³/mol. The zero-order valence-corrected chi connectivity index (χ0v) is 10.1. The summed E-state index contributed by atoms with van der Waals surface area (Å²) in [5.41, 5.74) is 9.98. The normalized spacial score (nSPS) is 10.5. The summed E-state index contributed by atoms with van der Waals surface area (Å²) in [4.78, 5) is 11.5. The molecule has 3 nitrogen and oxygen atoms in total. The van der Waals surface area contributed by atoms with Gasteiger partial charge in [-0.15, -0.1) is 0 Å². The quantitative estimate of drug-likeness (QED) is 0.852. The molecule has 2 aromatic rings. The number of aryl methyl sites for hydroxylation is 2. The number of pyridine rings is 1. The van der Waals surface area contributed by atoms with Crippen LogP contribution in [0.3, 0.4) is 0 Å². The van der Waals surface area contributed by atoms with Crippen molar-refractivity contribution in [2.45, 2.75) is 13.5 Å². The van der Waals surface area contributed by atoms with E-state index in [9.17, 15) is 4.79 Å². The minimum absolute atomic E-state index is 0.0106. The molecule has 3 heteroatoms. The molecule has 0 saturated heterocycles. The van der Waals surface area contributed by atoms with Gasteiger partial charge in [0.2, 0.25) is 0 Å². The summed E-state index contributed by atoms with van der Waals surface area (Å²) in [6, 6.07) is 9.67. The van der Waals surface area contributed by atoms with Gasteiger partial charge in [0, 0.05) is 31.4 Å². The van der Waals surface area contributed by atoms with E-state index in [1.54, 1.807) is 17.7 Å². The molecule has 1 aromatic carbocycles. The summed E-state index contributed by atoms with van der Waals surface area (Å²) in [6.45, 7) is 2.45. The van der Waals surface area contributed by atoms with Crippen molar-refractivity contribution in [2.75, 3.05) is 0 Å². The lowest BCUT2D eigenvalue weighted by atomic mass is 9.98. The van der Waals surface area contributed by atoms with E-state index in [-0.39, 0.29) is 5.56 Å². The van der Waals surface area contributed by atoms with Gasteiger partial charge in [0.05, 0.1) is 0 Å². The molecule has 1 heterocycles. The fourth-order valence-electron chi connectivity index (χ4n) is 1.97. The molecule has 0 atom stereocenters. The highest BCUT2D eigenvalue weighted by Gasteiger charge is 2.07.